The molecule has 2 rings (SSSR count). The fraction of sp³-hybridized carbons (Fsp3) is 0.357. The molecule has 0 bridgehead atoms. The molecule has 0 atom stereocenters. The van der Waals surface area contributed by atoms with Gasteiger partial charge in [-0.05, 0) is 47.5 Å². The van der Waals surface area contributed by atoms with Crippen LogP contribution in [0.25, 0.3) is 5.69 Å². The Morgan fingerprint density at radius 1 is 1.35 bits per heavy atom. The predicted octanol–water partition coefficient (Wildman–Crippen LogP) is 4.15. The molecule has 0 spiro atoms. The van der Waals surface area contributed by atoms with Crippen molar-refractivity contribution < 1.29 is 4.74 Å². The second kappa shape index (κ2) is 7.24. The summed E-state index contributed by atoms with van der Waals surface area (Å²) in [6, 6.07) is 6.08. The average molecular weight is 403 g/mol. The molecule has 0 radical (unpaired) electrons. The first-order valence-electron chi connectivity index (χ1n) is 6.36. The summed E-state index contributed by atoms with van der Waals surface area (Å²) in [5.74, 6) is 0.845. The lowest BCUT2D eigenvalue weighted by molar-refractivity contribution is 0.197. The first-order valence-corrected chi connectivity index (χ1v) is 7.94. The Morgan fingerprint density at radius 3 is 2.90 bits per heavy atom. The number of hydrogen-bond acceptors (Lipinski definition) is 3. The highest BCUT2D eigenvalue weighted by molar-refractivity contribution is 9.11. The fourth-order valence-corrected chi connectivity index (χ4v) is 2.68. The maximum atomic E-state index is 5.05. The Bertz CT molecular complexity index is 584. The largest absolute Gasteiger partial charge is 0.385 e. The van der Waals surface area contributed by atoms with Crippen LogP contribution < -0.4 is 5.32 Å². The number of imidazole rings is 1. The van der Waals surface area contributed by atoms with Gasteiger partial charge in [0.25, 0.3) is 0 Å². The van der Waals surface area contributed by atoms with Gasteiger partial charge in [-0.1, -0.05) is 15.9 Å². The Balaban J connectivity index is 2.25. The molecule has 1 N–H and O–H groups in total. The maximum absolute atomic E-state index is 5.05. The van der Waals surface area contributed by atoms with E-state index in [1.165, 1.54) is 0 Å². The van der Waals surface area contributed by atoms with E-state index in [0.29, 0.717) is 0 Å². The van der Waals surface area contributed by atoms with E-state index >= 15 is 0 Å². The first-order chi connectivity index (χ1) is 9.61. The van der Waals surface area contributed by atoms with Crippen molar-refractivity contribution in [3.8, 4) is 5.69 Å². The number of rotatable bonds is 6. The normalized spacial score (nSPS) is 10.8. The number of nitrogens with zero attached hydrogens (tertiary/aromatic N) is 2. The van der Waals surface area contributed by atoms with Crippen molar-refractivity contribution in [1.82, 2.24) is 9.55 Å². The van der Waals surface area contributed by atoms with Crippen LogP contribution in [0.2, 0.25) is 0 Å². The van der Waals surface area contributed by atoms with Crippen LogP contribution in [0.4, 0.5) is 5.95 Å². The molecule has 0 amide bonds. The molecule has 2 aromatic rings. The number of benzene rings is 1. The second-order valence-electron chi connectivity index (χ2n) is 4.44. The number of aryl methyl sites for hydroxylation is 1. The molecular weight excluding hydrogens is 386 g/mol. The molecule has 20 heavy (non-hydrogen) atoms. The molecular formula is C14H17Br2N3O. The van der Waals surface area contributed by atoms with E-state index in [2.05, 4.69) is 52.8 Å². The van der Waals surface area contributed by atoms with E-state index in [9.17, 15) is 0 Å². The minimum atomic E-state index is 0.743. The van der Waals surface area contributed by atoms with Gasteiger partial charge in [0, 0.05) is 35.4 Å². The molecule has 1 heterocycles. The zero-order valence-electron chi connectivity index (χ0n) is 11.5. The molecule has 0 aliphatic carbocycles. The molecule has 0 aliphatic rings. The number of ether oxygens (including phenoxy) is 1. The highest BCUT2D eigenvalue weighted by Gasteiger charge is 2.10. The summed E-state index contributed by atoms with van der Waals surface area (Å²) in [4.78, 5) is 4.53. The van der Waals surface area contributed by atoms with E-state index in [0.717, 1.165) is 45.8 Å². The number of nitrogens with one attached hydrogen (secondary N) is 1. The van der Waals surface area contributed by atoms with Crippen LogP contribution in [-0.4, -0.2) is 29.8 Å². The lowest BCUT2D eigenvalue weighted by Gasteiger charge is -2.11. The summed E-state index contributed by atoms with van der Waals surface area (Å²) in [5.41, 5.74) is 2.03. The number of anilines is 1. The van der Waals surface area contributed by atoms with E-state index in [1.807, 2.05) is 25.3 Å². The Morgan fingerprint density at radius 2 is 2.15 bits per heavy atom. The minimum absolute atomic E-state index is 0.743. The van der Waals surface area contributed by atoms with Crippen LogP contribution >= 0.6 is 31.9 Å². The van der Waals surface area contributed by atoms with Crippen molar-refractivity contribution in [2.24, 2.45) is 0 Å². The number of halogens is 2. The number of hydrogen-bond donors (Lipinski definition) is 1. The number of methoxy groups -OCH3 is 1. The Hall–Kier alpha value is -0.850. The average Bonchev–Trinajstić information content (AvgIpc) is 2.78. The zero-order valence-corrected chi connectivity index (χ0v) is 14.7. The van der Waals surface area contributed by atoms with Gasteiger partial charge in [0.1, 0.15) is 0 Å². The summed E-state index contributed by atoms with van der Waals surface area (Å²) in [5, 5.41) is 3.35. The van der Waals surface area contributed by atoms with Crippen molar-refractivity contribution in [3.63, 3.8) is 0 Å². The van der Waals surface area contributed by atoms with Gasteiger partial charge in [-0.2, -0.15) is 0 Å². The predicted molar refractivity (Wildman–Crippen MR) is 88.7 cm³/mol. The lowest BCUT2D eigenvalue weighted by Crippen LogP contribution is -2.09. The maximum Gasteiger partial charge on any atom is 0.207 e. The molecule has 4 nitrogen and oxygen atoms in total. The standard InChI is InChI=1S/C14H17Br2N3O/c1-10-9-19(13-8-11(15)4-5-12(13)16)14(18-10)17-6-3-7-20-2/h4-5,8-9H,3,6-7H2,1-2H3,(H,17,18). The molecule has 0 unspecified atom stereocenters. The summed E-state index contributed by atoms with van der Waals surface area (Å²) in [6.45, 7) is 3.56. The summed E-state index contributed by atoms with van der Waals surface area (Å²) < 4.78 is 9.17. The lowest BCUT2D eigenvalue weighted by atomic mass is 10.3. The van der Waals surface area contributed by atoms with E-state index < -0.39 is 0 Å². The smallest absolute Gasteiger partial charge is 0.207 e. The van der Waals surface area contributed by atoms with Crippen molar-refractivity contribution in [3.05, 3.63) is 39.0 Å². The molecule has 1 aromatic heterocycles. The first kappa shape index (κ1) is 15.5. The van der Waals surface area contributed by atoms with Gasteiger partial charge in [-0.25, -0.2) is 4.98 Å². The van der Waals surface area contributed by atoms with Gasteiger partial charge < -0.3 is 10.1 Å². The van der Waals surface area contributed by atoms with Gasteiger partial charge in [0.05, 0.1) is 11.4 Å². The molecule has 0 aliphatic heterocycles. The van der Waals surface area contributed by atoms with Crippen LogP contribution in [0.1, 0.15) is 12.1 Å². The van der Waals surface area contributed by atoms with Gasteiger partial charge in [-0.15, -0.1) is 0 Å². The Labute approximate surface area is 135 Å². The molecule has 0 saturated heterocycles. The van der Waals surface area contributed by atoms with Crippen molar-refractivity contribution in [2.45, 2.75) is 13.3 Å². The van der Waals surface area contributed by atoms with Crippen LogP contribution in [0.5, 0.6) is 0 Å². The summed E-state index contributed by atoms with van der Waals surface area (Å²) in [7, 11) is 1.71. The zero-order chi connectivity index (χ0) is 14.5. The monoisotopic (exact) mass is 401 g/mol. The van der Waals surface area contributed by atoms with Gasteiger partial charge in [0.15, 0.2) is 0 Å². The van der Waals surface area contributed by atoms with Crippen LogP contribution in [0.15, 0.2) is 33.3 Å². The van der Waals surface area contributed by atoms with E-state index in [1.54, 1.807) is 7.11 Å². The highest BCUT2D eigenvalue weighted by atomic mass is 79.9. The topological polar surface area (TPSA) is 39.1 Å². The quantitative estimate of drug-likeness (QED) is 0.737. The molecule has 0 saturated carbocycles. The number of aromatic nitrogens is 2. The van der Waals surface area contributed by atoms with Gasteiger partial charge >= 0.3 is 0 Å². The van der Waals surface area contributed by atoms with Gasteiger partial charge in [0.2, 0.25) is 5.95 Å². The molecule has 108 valence electrons. The third-order valence-electron chi connectivity index (χ3n) is 2.80. The van der Waals surface area contributed by atoms with Crippen molar-refractivity contribution in [1.29, 1.82) is 0 Å². The van der Waals surface area contributed by atoms with Crippen molar-refractivity contribution >= 4 is 37.8 Å². The minimum Gasteiger partial charge on any atom is -0.385 e. The third kappa shape index (κ3) is 3.84. The summed E-state index contributed by atoms with van der Waals surface area (Å²) in [6.07, 6.45) is 2.97. The SMILES string of the molecule is COCCCNc1nc(C)cn1-c1cc(Br)ccc1Br. The fourth-order valence-electron chi connectivity index (χ4n) is 1.89. The van der Waals surface area contributed by atoms with Crippen LogP contribution in [-0.2, 0) is 4.74 Å². The van der Waals surface area contributed by atoms with E-state index in [-0.39, 0.29) is 0 Å². The molecule has 1 aromatic carbocycles. The van der Waals surface area contributed by atoms with E-state index in [4.69, 9.17) is 4.74 Å². The summed E-state index contributed by atoms with van der Waals surface area (Å²) >= 11 is 7.09. The molecule has 6 heteroatoms. The molecule has 0 fully saturated rings. The Kier molecular flexibility index (Phi) is 5.63. The van der Waals surface area contributed by atoms with Crippen molar-refractivity contribution in [2.75, 3.05) is 25.6 Å². The highest BCUT2D eigenvalue weighted by Crippen LogP contribution is 2.27. The third-order valence-corrected chi connectivity index (χ3v) is 3.97. The van der Waals surface area contributed by atoms with Crippen LogP contribution in [0, 0.1) is 6.92 Å². The van der Waals surface area contributed by atoms with Crippen LogP contribution in [0.3, 0.4) is 0 Å². The van der Waals surface area contributed by atoms with Gasteiger partial charge in [-0.3, -0.25) is 4.57 Å². The second-order valence-corrected chi connectivity index (χ2v) is 6.21.